The van der Waals surface area contributed by atoms with Crippen LogP contribution in [0.5, 0.6) is 0 Å². The van der Waals surface area contributed by atoms with Crippen molar-refractivity contribution in [2.24, 2.45) is 0 Å². The van der Waals surface area contributed by atoms with Crippen molar-refractivity contribution in [3.8, 4) is 11.1 Å². The first kappa shape index (κ1) is 11.2. The van der Waals surface area contributed by atoms with E-state index in [1.54, 1.807) is 24.3 Å². The van der Waals surface area contributed by atoms with Crippen molar-refractivity contribution in [1.82, 2.24) is 0 Å². The van der Waals surface area contributed by atoms with Crippen LogP contribution in [0.2, 0.25) is 10.0 Å². The summed E-state index contributed by atoms with van der Waals surface area (Å²) in [4.78, 5) is 10.5. The van der Waals surface area contributed by atoms with Crippen LogP contribution < -0.4 is 0 Å². The zero-order valence-corrected chi connectivity index (χ0v) is 9.79. The lowest BCUT2D eigenvalue weighted by Gasteiger charge is -2.03. The first-order valence-corrected chi connectivity index (χ1v) is 5.47. The van der Waals surface area contributed by atoms with Crippen LogP contribution in [0.4, 0.5) is 0 Å². The minimum atomic E-state index is 0.527. The molecule has 0 bridgehead atoms. The molecule has 0 aliphatic rings. The Hall–Kier alpha value is -1.31. The zero-order chi connectivity index (χ0) is 11.5. The molecule has 1 nitrogen and oxygen atoms in total. The van der Waals surface area contributed by atoms with Gasteiger partial charge in [0.25, 0.3) is 0 Å². The highest BCUT2D eigenvalue weighted by molar-refractivity contribution is 6.42. The van der Waals surface area contributed by atoms with Crippen LogP contribution in [0.25, 0.3) is 11.1 Å². The van der Waals surface area contributed by atoms with E-state index < -0.39 is 0 Å². The maximum Gasteiger partial charge on any atom is 0.150 e. The Morgan fingerprint density at radius 1 is 0.812 bits per heavy atom. The van der Waals surface area contributed by atoms with Gasteiger partial charge >= 0.3 is 0 Å². The zero-order valence-electron chi connectivity index (χ0n) is 8.28. The van der Waals surface area contributed by atoms with Crippen molar-refractivity contribution in [3.05, 3.63) is 58.1 Å². The Balaban J connectivity index is 2.42. The topological polar surface area (TPSA) is 17.1 Å². The molecule has 3 heteroatoms. The van der Waals surface area contributed by atoms with E-state index in [1.165, 1.54) is 0 Å². The quantitative estimate of drug-likeness (QED) is 0.719. The van der Waals surface area contributed by atoms with Crippen LogP contribution in [0.15, 0.2) is 42.5 Å². The summed E-state index contributed by atoms with van der Waals surface area (Å²) in [5.41, 5.74) is 2.64. The van der Waals surface area contributed by atoms with Gasteiger partial charge in [0.05, 0.1) is 10.0 Å². The van der Waals surface area contributed by atoms with Gasteiger partial charge in [-0.25, -0.2) is 0 Å². The molecule has 16 heavy (non-hydrogen) atoms. The Morgan fingerprint density at radius 3 is 2.00 bits per heavy atom. The van der Waals surface area contributed by atoms with Gasteiger partial charge in [-0.05, 0) is 23.3 Å². The predicted octanol–water partition coefficient (Wildman–Crippen LogP) is 4.47. The molecule has 0 saturated heterocycles. The van der Waals surface area contributed by atoms with Gasteiger partial charge in [0, 0.05) is 5.56 Å². The highest BCUT2D eigenvalue weighted by Gasteiger charge is 2.01. The molecular weight excluding hydrogens is 243 g/mol. The summed E-state index contributed by atoms with van der Waals surface area (Å²) in [6, 6.07) is 12.7. The van der Waals surface area contributed by atoms with Crippen LogP contribution in [0, 0.1) is 0 Å². The number of benzene rings is 2. The average molecular weight is 251 g/mol. The molecule has 0 aliphatic heterocycles. The van der Waals surface area contributed by atoms with Gasteiger partial charge < -0.3 is 0 Å². The van der Waals surface area contributed by atoms with Gasteiger partial charge in [-0.3, -0.25) is 4.79 Å². The lowest BCUT2D eigenvalue weighted by atomic mass is 10.0. The second-order valence-electron chi connectivity index (χ2n) is 3.37. The van der Waals surface area contributed by atoms with Gasteiger partial charge in [-0.2, -0.15) is 0 Å². The van der Waals surface area contributed by atoms with E-state index in [2.05, 4.69) is 0 Å². The molecule has 0 radical (unpaired) electrons. The summed E-state index contributed by atoms with van der Waals surface area (Å²) in [6.07, 6.45) is 0.818. The molecular formula is C13H8Cl2O. The van der Waals surface area contributed by atoms with E-state index in [0.717, 1.165) is 17.4 Å². The fourth-order valence-corrected chi connectivity index (χ4v) is 1.73. The summed E-state index contributed by atoms with van der Waals surface area (Å²) in [6.45, 7) is 0. The molecule has 0 amide bonds. The second kappa shape index (κ2) is 4.69. The number of halogens is 2. The third kappa shape index (κ3) is 2.26. The third-order valence-corrected chi connectivity index (χ3v) is 3.04. The van der Waals surface area contributed by atoms with E-state index in [1.807, 2.05) is 18.2 Å². The molecule has 0 fully saturated rings. The van der Waals surface area contributed by atoms with Gasteiger partial charge in [-0.1, -0.05) is 53.5 Å². The molecule has 0 aliphatic carbocycles. The summed E-state index contributed by atoms with van der Waals surface area (Å²) < 4.78 is 0. The van der Waals surface area contributed by atoms with Crippen molar-refractivity contribution < 1.29 is 4.79 Å². The molecule has 2 rings (SSSR count). The predicted molar refractivity (Wildman–Crippen MR) is 67.3 cm³/mol. The summed E-state index contributed by atoms with van der Waals surface area (Å²) in [5, 5.41) is 1.06. The number of hydrogen-bond donors (Lipinski definition) is 0. The minimum absolute atomic E-state index is 0.527. The van der Waals surface area contributed by atoms with Gasteiger partial charge in [0.2, 0.25) is 0 Å². The molecule has 0 N–H and O–H groups in total. The lowest BCUT2D eigenvalue weighted by Crippen LogP contribution is -1.81. The largest absolute Gasteiger partial charge is 0.298 e. The normalized spacial score (nSPS) is 10.1. The smallest absolute Gasteiger partial charge is 0.150 e. The summed E-state index contributed by atoms with van der Waals surface area (Å²) in [7, 11) is 0. The van der Waals surface area contributed by atoms with Crippen LogP contribution in [-0.4, -0.2) is 6.29 Å². The highest BCUT2D eigenvalue weighted by atomic mass is 35.5. The first-order chi connectivity index (χ1) is 7.70. The summed E-state index contributed by atoms with van der Waals surface area (Å²) >= 11 is 11.8. The molecule has 2 aromatic carbocycles. The molecule has 0 spiro atoms. The summed E-state index contributed by atoms with van der Waals surface area (Å²) in [5.74, 6) is 0. The van der Waals surface area contributed by atoms with E-state index in [9.17, 15) is 4.79 Å². The Labute approximate surface area is 104 Å². The first-order valence-electron chi connectivity index (χ1n) is 4.71. The monoisotopic (exact) mass is 250 g/mol. The number of hydrogen-bond acceptors (Lipinski definition) is 1. The molecule has 0 saturated carbocycles. The number of rotatable bonds is 2. The lowest BCUT2D eigenvalue weighted by molar-refractivity contribution is 0.112. The maximum atomic E-state index is 10.5. The molecule has 80 valence electrons. The van der Waals surface area contributed by atoms with Crippen molar-refractivity contribution in [2.45, 2.75) is 0 Å². The molecule has 0 heterocycles. The maximum absolute atomic E-state index is 10.5. The third-order valence-electron chi connectivity index (χ3n) is 2.30. The standard InChI is InChI=1S/C13H8Cl2O/c14-12-6-5-11(7-13(12)15)10-3-1-9(8-16)2-4-10/h1-8H. The molecule has 0 atom stereocenters. The fraction of sp³-hybridized carbons (Fsp3) is 0. The molecule has 0 unspecified atom stereocenters. The van der Waals surface area contributed by atoms with Crippen LogP contribution in [0.3, 0.4) is 0 Å². The fourth-order valence-electron chi connectivity index (χ4n) is 1.43. The van der Waals surface area contributed by atoms with Crippen molar-refractivity contribution >= 4 is 29.5 Å². The van der Waals surface area contributed by atoms with Crippen LogP contribution >= 0.6 is 23.2 Å². The van der Waals surface area contributed by atoms with Gasteiger partial charge in [-0.15, -0.1) is 0 Å². The van der Waals surface area contributed by atoms with E-state index >= 15 is 0 Å². The SMILES string of the molecule is O=Cc1ccc(-c2ccc(Cl)c(Cl)c2)cc1. The molecule has 2 aromatic rings. The van der Waals surface area contributed by atoms with E-state index in [4.69, 9.17) is 23.2 Å². The highest BCUT2D eigenvalue weighted by Crippen LogP contribution is 2.28. The average Bonchev–Trinajstić information content (AvgIpc) is 2.33. The van der Waals surface area contributed by atoms with Gasteiger partial charge in [0.15, 0.2) is 0 Å². The van der Waals surface area contributed by atoms with Crippen LogP contribution in [0.1, 0.15) is 10.4 Å². The number of aldehydes is 1. The van der Waals surface area contributed by atoms with Crippen LogP contribution in [-0.2, 0) is 0 Å². The Bertz CT molecular complexity index is 518. The minimum Gasteiger partial charge on any atom is -0.298 e. The number of carbonyl (C=O) groups is 1. The van der Waals surface area contributed by atoms with E-state index in [-0.39, 0.29) is 0 Å². The van der Waals surface area contributed by atoms with Crippen molar-refractivity contribution in [3.63, 3.8) is 0 Å². The van der Waals surface area contributed by atoms with E-state index in [0.29, 0.717) is 15.6 Å². The van der Waals surface area contributed by atoms with Gasteiger partial charge in [0.1, 0.15) is 6.29 Å². The van der Waals surface area contributed by atoms with Crippen molar-refractivity contribution in [1.29, 1.82) is 0 Å². The molecule has 0 aromatic heterocycles. The second-order valence-corrected chi connectivity index (χ2v) is 4.18. The number of carbonyl (C=O) groups excluding carboxylic acids is 1. The Kier molecular flexibility index (Phi) is 3.28. The Morgan fingerprint density at radius 2 is 1.44 bits per heavy atom. The van der Waals surface area contributed by atoms with Crippen molar-refractivity contribution in [2.75, 3.05) is 0 Å².